The van der Waals surface area contributed by atoms with E-state index in [4.69, 9.17) is 10.2 Å². The SMILES string of the molecule is C[C@H](CCc1ccco1)N[C@H]1CCCC[C@H]1C(N)=O. The van der Waals surface area contributed by atoms with Gasteiger partial charge in [-0.2, -0.15) is 0 Å². The molecular weight excluding hydrogens is 240 g/mol. The highest BCUT2D eigenvalue weighted by Gasteiger charge is 2.29. The van der Waals surface area contributed by atoms with Crippen molar-refractivity contribution in [1.29, 1.82) is 0 Å². The van der Waals surface area contributed by atoms with Crippen molar-refractivity contribution in [3.63, 3.8) is 0 Å². The maximum Gasteiger partial charge on any atom is 0.222 e. The van der Waals surface area contributed by atoms with Crippen molar-refractivity contribution < 1.29 is 9.21 Å². The first-order valence-corrected chi connectivity index (χ1v) is 7.24. The van der Waals surface area contributed by atoms with Crippen LogP contribution in [0, 0.1) is 5.92 Å². The molecule has 1 amide bonds. The van der Waals surface area contributed by atoms with Crippen LogP contribution in [0.15, 0.2) is 22.8 Å². The fourth-order valence-corrected chi connectivity index (χ4v) is 2.93. The van der Waals surface area contributed by atoms with Gasteiger partial charge in [-0.25, -0.2) is 0 Å². The zero-order valence-corrected chi connectivity index (χ0v) is 11.6. The molecule has 1 aliphatic carbocycles. The van der Waals surface area contributed by atoms with E-state index in [-0.39, 0.29) is 17.9 Å². The van der Waals surface area contributed by atoms with Crippen LogP contribution >= 0.6 is 0 Å². The van der Waals surface area contributed by atoms with Crippen LogP contribution in [0.5, 0.6) is 0 Å². The number of furan rings is 1. The van der Waals surface area contributed by atoms with Gasteiger partial charge in [-0.15, -0.1) is 0 Å². The van der Waals surface area contributed by atoms with Gasteiger partial charge in [-0.1, -0.05) is 12.8 Å². The molecule has 1 saturated carbocycles. The van der Waals surface area contributed by atoms with Crippen LogP contribution in [-0.2, 0) is 11.2 Å². The summed E-state index contributed by atoms with van der Waals surface area (Å²) >= 11 is 0. The standard InChI is InChI=1S/C15H24N2O2/c1-11(8-9-12-5-4-10-19-12)17-14-7-3-2-6-13(14)15(16)18/h4-5,10-11,13-14,17H,2-3,6-9H2,1H3,(H2,16,18)/t11-,13-,14+/m1/s1. The third-order valence-electron chi connectivity index (χ3n) is 4.03. The molecule has 1 aliphatic rings. The molecule has 1 fully saturated rings. The number of hydrogen-bond acceptors (Lipinski definition) is 3. The Labute approximate surface area is 114 Å². The molecule has 1 aromatic heterocycles. The number of nitrogens with two attached hydrogens (primary N) is 1. The van der Waals surface area contributed by atoms with E-state index in [1.54, 1.807) is 6.26 Å². The zero-order valence-electron chi connectivity index (χ0n) is 11.6. The smallest absolute Gasteiger partial charge is 0.222 e. The second-order valence-electron chi connectivity index (χ2n) is 5.59. The fourth-order valence-electron chi connectivity index (χ4n) is 2.93. The van der Waals surface area contributed by atoms with Gasteiger partial charge in [0, 0.05) is 18.5 Å². The van der Waals surface area contributed by atoms with Gasteiger partial charge in [0.05, 0.1) is 12.2 Å². The number of amides is 1. The summed E-state index contributed by atoms with van der Waals surface area (Å²) in [5.41, 5.74) is 5.49. The molecule has 3 atom stereocenters. The molecule has 0 bridgehead atoms. The predicted octanol–water partition coefficient (Wildman–Crippen LogP) is 2.23. The number of nitrogens with one attached hydrogen (secondary N) is 1. The summed E-state index contributed by atoms with van der Waals surface area (Å²) in [5, 5.41) is 3.57. The van der Waals surface area contributed by atoms with E-state index in [0.29, 0.717) is 6.04 Å². The van der Waals surface area contributed by atoms with Crippen molar-refractivity contribution in [2.24, 2.45) is 11.7 Å². The lowest BCUT2D eigenvalue weighted by molar-refractivity contribution is -0.123. The largest absolute Gasteiger partial charge is 0.469 e. The summed E-state index contributed by atoms with van der Waals surface area (Å²) in [7, 11) is 0. The van der Waals surface area contributed by atoms with E-state index in [2.05, 4.69) is 12.2 Å². The quantitative estimate of drug-likeness (QED) is 0.828. The minimum Gasteiger partial charge on any atom is -0.469 e. The average molecular weight is 264 g/mol. The predicted molar refractivity (Wildman–Crippen MR) is 74.6 cm³/mol. The van der Waals surface area contributed by atoms with E-state index >= 15 is 0 Å². The van der Waals surface area contributed by atoms with E-state index in [1.807, 2.05) is 12.1 Å². The van der Waals surface area contributed by atoms with Crippen LogP contribution in [0.25, 0.3) is 0 Å². The molecule has 2 rings (SSSR count). The van der Waals surface area contributed by atoms with Crippen molar-refractivity contribution in [1.82, 2.24) is 5.32 Å². The maximum atomic E-state index is 11.5. The first-order chi connectivity index (χ1) is 9.16. The molecule has 19 heavy (non-hydrogen) atoms. The van der Waals surface area contributed by atoms with Crippen LogP contribution in [0.2, 0.25) is 0 Å². The Balaban J connectivity index is 1.79. The molecule has 0 aromatic carbocycles. The summed E-state index contributed by atoms with van der Waals surface area (Å²) in [6, 6.07) is 4.53. The highest BCUT2D eigenvalue weighted by atomic mass is 16.3. The van der Waals surface area contributed by atoms with E-state index in [9.17, 15) is 4.79 Å². The molecule has 0 aliphatic heterocycles. The molecule has 106 valence electrons. The van der Waals surface area contributed by atoms with Gasteiger partial charge >= 0.3 is 0 Å². The zero-order chi connectivity index (χ0) is 13.7. The van der Waals surface area contributed by atoms with Crippen molar-refractivity contribution in [2.75, 3.05) is 0 Å². The van der Waals surface area contributed by atoms with Gasteiger partial charge in [-0.3, -0.25) is 4.79 Å². The summed E-state index contributed by atoms with van der Waals surface area (Å²) < 4.78 is 5.33. The number of aryl methyl sites for hydroxylation is 1. The highest BCUT2D eigenvalue weighted by Crippen LogP contribution is 2.24. The summed E-state index contributed by atoms with van der Waals surface area (Å²) in [6.45, 7) is 2.16. The van der Waals surface area contributed by atoms with Crippen LogP contribution in [0.3, 0.4) is 0 Å². The molecule has 3 N–H and O–H groups in total. The van der Waals surface area contributed by atoms with Crippen molar-refractivity contribution >= 4 is 5.91 Å². The van der Waals surface area contributed by atoms with Gasteiger partial charge in [0.15, 0.2) is 0 Å². The second kappa shape index (κ2) is 6.75. The minimum absolute atomic E-state index is 0.000173. The van der Waals surface area contributed by atoms with Crippen LogP contribution in [0.4, 0.5) is 0 Å². The molecule has 1 heterocycles. The first-order valence-electron chi connectivity index (χ1n) is 7.24. The third kappa shape index (κ3) is 4.10. The van der Waals surface area contributed by atoms with E-state index < -0.39 is 0 Å². The Hall–Kier alpha value is -1.29. The normalized spacial score (nSPS) is 25.1. The van der Waals surface area contributed by atoms with Gasteiger partial charge in [0.1, 0.15) is 5.76 Å². The third-order valence-corrected chi connectivity index (χ3v) is 4.03. The maximum absolute atomic E-state index is 11.5. The Morgan fingerprint density at radius 2 is 2.32 bits per heavy atom. The molecule has 0 spiro atoms. The first kappa shape index (κ1) is 14.1. The van der Waals surface area contributed by atoms with Crippen LogP contribution in [-0.4, -0.2) is 18.0 Å². The number of primary amides is 1. The van der Waals surface area contributed by atoms with E-state index in [0.717, 1.165) is 37.9 Å². The Bertz CT molecular complexity index is 389. The van der Waals surface area contributed by atoms with Crippen LogP contribution in [0.1, 0.15) is 44.8 Å². The summed E-state index contributed by atoms with van der Waals surface area (Å²) in [4.78, 5) is 11.5. The number of carbonyl (C=O) groups excluding carboxylic acids is 1. The molecule has 0 unspecified atom stereocenters. The second-order valence-corrected chi connectivity index (χ2v) is 5.59. The molecular formula is C15H24N2O2. The number of rotatable bonds is 6. The van der Waals surface area contributed by atoms with Gasteiger partial charge < -0.3 is 15.5 Å². The average Bonchev–Trinajstić information content (AvgIpc) is 2.90. The monoisotopic (exact) mass is 264 g/mol. The Morgan fingerprint density at radius 3 is 3.00 bits per heavy atom. The van der Waals surface area contributed by atoms with Crippen molar-refractivity contribution in [2.45, 2.75) is 57.5 Å². The molecule has 4 nitrogen and oxygen atoms in total. The van der Waals surface area contributed by atoms with Gasteiger partial charge in [0.2, 0.25) is 5.91 Å². The molecule has 4 heteroatoms. The topological polar surface area (TPSA) is 68.3 Å². The summed E-state index contributed by atoms with van der Waals surface area (Å²) in [5.74, 6) is 0.860. The Kier molecular flexibility index (Phi) is 5.02. The molecule has 0 saturated heterocycles. The van der Waals surface area contributed by atoms with E-state index in [1.165, 1.54) is 6.42 Å². The summed E-state index contributed by atoms with van der Waals surface area (Å²) in [6.07, 6.45) is 7.93. The molecule has 0 radical (unpaired) electrons. The number of hydrogen-bond donors (Lipinski definition) is 2. The van der Waals surface area contributed by atoms with Gasteiger partial charge in [0.25, 0.3) is 0 Å². The van der Waals surface area contributed by atoms with Crippen molar-refractivity contribution in [3.05, 3.63) is 24.2 Å². The fraction of sp³-hybridized carbons (Fsp3) is 0.667. The lowest BCUT2D eigenvalue weighted by Gasteiger charge is -2.32. The Morgan fingerprint density at radius 1 is 1.53 bits per heavy atom. The lowest BCUT2D eigenvalue weighted by atomic mass is 9.83. The lowest BCUT2D eigenvalue weighted by Crippen LogP contribution is -2.47. The molecule has 1 aromatic rings. The van der Waals surface area contributed by atoms with Gasteiger partial charge in [-0.05, 0) is 38.3 Å². The van der Waals surface area contributed by atoms with Crippen molar-refractivity contribution in [3.8, 4) is 0 Å². The minimum atomic E-state index is -0.157. The van der Waals surface area contributed by atoms with Crippen LogP contribution < -0.4 is 11.1 Å². The highest BCUT2D eigenvalue weighted by molar-refractivity contribution is 5.77. The number of carbonyl (C=O) groups is 1.